The highest BCUT2D eigenvalue weighted by atomic mass is 15.3. The molecule has 2 rings (SSSR count). The lowest BCUT2D eigenvalue weighted by Crippen LogP contribution is -2.47. The van der Waals surface area contributed by atoms with E-state index in [0.29, 0.717) is 18.0 Å². The number of piperidine rings is 1. The largest absolute Gasteiger partial charge is 0.356 e. The molecule has 0 radical (unpaired) electrons. The summed E-state index contributed by atoms with van der Waals surface area (Å²) in [5, 5.41) is 7.14. The van der Waals surface area contributed by atoms with Gasteiger partial charge in [-0.3, -0.25) is 9.89 Å². The molecule has 2 heterocycles. The second-order valence-electron chi connectivity index (χ2n) is 8.53. The van der Waals surface area contributed by atoms with Gasteiger partial charge in [-0.2, -0.15) is 0 Å². The van der Waals surface area contributed by atoms with Crippen molar-refractivity contribution < 1.29 is 0 Å². The number of hydrogen-bond acceptors (Lipinski definition) is 3. The Balaban J connectivity index is 1.60. The SMILES string of the molecule is CN=C(NCCCCN1CCCC(C)C1)NC1CN(C(C)C)CC1C. The summed E-state index contributed by atoms with van der Waals surface area (Å²) < 4.78 is 0. The van der Waals surface area contributed by atoms with Crippen LogP contribution in [0.4, 0.5) is 0 Å². The van der Waals surface area contributed by atoms with E-state index in [1.54, 1.807) is 0 Å². The number of rotatable bonds is 7. The van der Waals surface area contributed by atoms with Crippen LogP contribution in [0.25, 0.3) is 0 Å². The summed E-state index contributed by atoms with van der Waals surface area (Å²) in [6.07, 6.45) is 5.28. The van der Waals surface area contributed by atoms with Gasteiger partial charge < -0.3 is 15.5 Å². The Morgan fingerprint density at radius 3 is 2.60 bits per heavy atom. The Hall–Kier alpha value is -0.810. The molecule has 3 atom stereocenters. The van der Waals surface area contributed by atoms with Crippen molar-refractivity contribution in [3.05, 3.63) is 0 Å². The minimum atomic E-state index is 0.503. The summed E-state index contributed by atoms with van der Waals surface area (Å²) >= 11 is 0. The summed E-state index contributed by atoms with van der Waals surface area (Å²) in [5.41, 5.74) is 0. The molecule has 146 valence electrons. The van der Waals surface area contributed by atoms with Crippen LogP contribution in [-0.4, -0.2) is 74.2 Å². The molecule has 25 heavy (non-hydrogen) atoms. The molecular formula is C20H41N5. The van der Waals surface area contributed by atoms with Gasteiger partial charge in [-0.15, -0.1) is 0 Å². The summed E-state index contributed by atoms with van der Waals surface area (Å²) in [4.78, 5) is 9.61. The summed E-state index contributed by atoms with van der Waals surface area (Å²) in [7, 11) is 1.88. The molecular weight excluding hydrogens is 310 g/mol. The Bertz CT molecular complexity index is 409. The third-order valence-corrected chi connectivity index (χ3v) is 5.85. The summed E-state index contributed by atoms with van der Waals surface area (Å²) in [6.45, 7) is 16.4. The smallest absolute Gasteiger partial charge is 0.191 e. The van der Waals surface area contributed by atoms with Gasteiger partial charge in [-0.1, -0.05) is 13.8 Å². The molecule has 0 aliphatic carbocycles. The van der Waals surface area contributed by atoms with Crippen molar-refractivity contribution in [2.45, 2.75) is 65.5 Å². The second kappa shape index (κ2) is 10.4. The third kappa shape index (κ3) is 6.78. The Morgan fingerprint density at radius 1 is 1.16 bits per heavy atom. The predicted molar refractivity (Wildman–Crippen MR) is 108 cm³/mol. The van der Waals surface area contributed by atoms with E-state index in [9.17, 15) is 0 Å². The van der Waals surface area contributed by atoms with Crippen molar-refractivity contribution in [2.75, 3.05) is 46.3 Å². The molecule has 0 amide bonds. The van der Waals surface area contributed by atoms with E-state index in [1.807, 2.05) is 7.05 Å². The molecule has 0 spiro atoms. The van der Waals surface area contributed by atoms with Crippen LogP contribution in [0.3, 0.4) is 0 Å². The van der Waals surface area contributed by atoms with Crippen LogP contribution in [0.15, 0.2) is 4.99 Å². The Morgan fingerprint density at radius 2 is 1.96 bits per heavy atom. The van der Waals surface area contributed by atoms with Crippen LogP contribution in [0.2, 0.25) is 0 Å². The molecule has 0 saturated carbocycles. The van der Waals surface area contributed by atoms with E-state index >= 15 is 0 Å². The van der Waals surface area contributed by atoms with Crippen LogP contribution in [-0.2, 0) is 0 Å². The molecule has 2 fully saturated rings. The normalized spacial score (nSPS) is 29.4. The minimum absolute atomic E-state index is 0.503. The zero-order valence-electron chi connectivity index (χ0n) is 17.2. The fourth-order valence-corrected chi connectivity index (χ4v) is 4.14. The number of hydrogen-bond donors (Lipinski definition) is 2. The van der Waals surface area contributed by atoms with Gasteiger partial charge >= 0.3 is 0 Å². The van der Waals surface area contributed by atoms with Crippen molar-refractivity contribution in [1.29, 1.82) is 0 Å². The number of unbranched alkanes of at least 4 members (excludes halogenated alkanes) is 1. The van der Waals surface area contributed by atoms with E-state index in [0.717, 1.165) is 25.0 Å². The van der Waals surface area contributed by atoms with E-state index in [1.165, 1.54) is 51.9 Å². The van der Waals surface area contributed by atoms with Gasteiger partial charge in [0.15, 0.2) is 5.96 Å². The highest BCUT2D eigenvalue weighted by molar-refractivity contribution is 5.80. The predicted octanol–water partition coefficient (Wildman–Crippen LogP) is 2.39. The molecule has 2 saturated heterocycles. The zero-order valence-corrected chi connectivity index (χ0v) is 17.2. The molecule has 0 aromatic heterocycles. The highest BCUT2D eigenvalue weighted by Gasteiger charge is 2.31. The van der Waals surface area contributed by atoms with Gasteiger partial charge in [0.2, 0.25) is 0 Å². The molecule has 5 nitrogen and oxygen atoms in total. The standard InChI is InChI=1S/C20H41N5/c1-16(2)25-14-18(4)19(15-25)23-20(21-5)22-10-6-7-11-24-12-8-9-17(3)13-24/h16-19H,6-15H2,1-5H3,(H2,21,22,23). The van der Waals surface area contributed by atoms with Crippen molar-refractivity contribution >= 4 is 5.96 Å². The topological polar surface area (TPSA) is 42.9 Å². The maximum absolute atomic E-state index is 4.42. The maximum atomic E-state index is 4.42. The first-order valence-electron chi connectivity index (χ1n) is 10.4. The molecule has 0 aromatic carbocycles. The molecule has 3 unspecified atom stereocenters. The first-order valence-corrected chi connectivity index (χ1v) is 10.4. The van der Waals surface area contributed by atoms with Gasteiger partial charge in [0.05, 0.1) is 0 Å². The molecule has 2 aliphatic heterocycles. The highest BCUT2D eigenvalue weighted by Crippen LogP contribution is 2.18. The van der Waals surface area contributed by atoms with Crippen molar-refractivity contribution in [3.8, 4) is 0 Å². The second-order valence-corrected chi connectivity index (χ2v) is 8.53. The first-order chi connectivity index (χ1) is 12.0. The monoisotopic (exact) mass is 351 g/mol. The van der Waals surface area contributed by atoms with Gasteiger partial charge in [0, 0.05) is 45.3 Å². The first kappa shape index (κ1) is 20.5. The number of nitrogens with zero attached hydrogens (tertiary/aromatic N) is 3. The van der Waals surface area contributed by atoms with Gasteiger partial charge in [-0.25, -0.2) is 0 Å². The lowest BCUT2D eigenvalue weighted by molar-refractivity contribution is 0.181. The average molecular weight is 352 g/mol. The Labute approximate surface area is 155 Å². The van der Waals surface area contributed by atoms with E-state index in [-0.39, 0.29) is 0 Å². The maximum Gasteiger partial charge on any atom is 0.191 e. The van der Waals surface area contributed by atoms with Crippen LogP contribution in [0.5, 0.6) is 0 Å². The fraction of sp³-hybridized carbons (Fsp3) is 0.950. The third-order valence-electron chi connectivity index (χ3n) is 5.85. The van der Waals surface area contributed by atoms with Crippen molar-refractivity contribution in [1.82, 2.24) is 20.4 Å². The van der Waals surface area contributed by atoms with E-state index < -0.39 is 0 Å². The zero-order chi connectivity index (χ0) is 18.2. The Kier molecular flexibility index (Phi) is 8.50. The van der Waals surface area contributed by atoms with Crippen LogP contribution >= 0.6 is 0 Å². The van der Waals surface area contributed by atoms with Crippen molar-refractivity contribution in [3.63, 3.8) is 0 Å². The minimum Gasteiger partial charge on any atom is -0.356 e. The number of guanidine groups is 1. The quantitative estimate of drug-likeness (QED) is 0.420. The molecule has 0 aromatic rings. The van der Waals surface area contributed by atoms with Crippen molar-refractivity contribution in [2.24, 2.45) is 16.8 Å². The van der Waals surface area contributed by atoms with Gasteiger partial charge in [0.25, 0.3) is 0 Å². The van der Waals surface area contributed by atoms with Crippen LogP contribution in [0.1, 0.15) is 53.4 Å². The van der Waals surface area contributed by atoms with Crippen LogP contribution < -0.4 is 10.6 Å². The lowest BCUT2D eigenvalue weighted by Gasteiger charge is -2.30. The van der Waals surface area contributed by atoms with Gasteiger partial charge in [-0.05, 0) is 64.5 Å². The number of nitrogens with one attached hydrogen (secondary N) is 2. The molecule has 0 bridgehead atoms. The van der Waals surface area contributed by atoms with E-state index in [4.69, 9.17) is 0 Å². The fourth-order valence-electron chi connectivity index (χ4n) is 4.14. The average Bonchev–Trinajstić information content (AvgIpc) is 2.94. The molecule has 2 aliphatic rings. The molecule has 2 N–H and O–H groups in total. The van der Waals surface area contributed by atoms with Crippen LogP contribution in [0, 0.1) is 11.8 Å². The lowest BCUT2D eigenvalue weighted by atomic mass is 10.0. The number of aliphatic imine (C=N–C) groups is 1. The summed E-state index contributed by atoms with van der Waals surface area (Å²) in [6, 6.07) is 1.13. The van der Waals surface area contributed by atoms with E-state index in [2.05, 4.69) is 53.1 Å². The molecule has 5 heteroatoms. The number of likely N-dealkylation sites (tertiary alicyclic amines) is 2. The summed E-state index contributed by atoms with van der Waals surface area (Å²) in [5.74, 6) is 2.52. The van der Waals surface area contributed by atoms with Gasteiger partial charge in [0.1, 0.15) is 0 Å².